The highest BCUT2D eigenvalue weighted by Crippen LogP contribution is 2.28. The topological polar surface area (TPSA) is 21.7 Å². The molecule has 0 heterocycles. The van der Waals surface area contributed by atoms with Crippen molar-refractivity contribution in [3.63, 3.8) is 0 Å². The van der Waals surface area contributed by atoms with Gasteiger partial charge in [0.1, 0.15) is 5.75 Å². The van der Waals surface area contributed by atoms with Gasteiger partial charge in [0, 0.05) is 19.9 Å². The number of ether oxygens (including phenoxy) is 2. The molecule has 2 rings (SSSR count). The molecule has 160 valence electrons. The van der Waals surface area contributed by atoms with E-state index in [1.807, 2.05) is 13.8 Å². The normalized spacial score (nSPS) is 13.1. The number of hydrogen-bond acceptors (Lipinski definition) is 3. The molecule has 0 aliphatic rings. The molecule has 3 nitrogen and oxygen atoms in total. The summed E-state index contributed by atoms with van der Waals surface area (Å²) < 4.78 is 12.1. The number of nitrogens with zero attached hydrogens (tertiary/aromatic N) is 1. The Morgan fingerprint density at radius 3 is 2.14 bits per heavy atom. The van der Waals surface area contributed by atoms with Gasteiger partial charge in [-0.25, -0.2) is 0 Å². The zero-order valence-electron chi connectivity index (χ0n) is 19.2. The average Bonchev–Trinajstić information content (AvgIpc) is 2.67. The van der Waals surface area contributed by atoms with Crippen LogP contribution in [0, 0.1) is 5.92 Å². The number of hydrogen-bond donors (Lipinski definition) is 0. The van der Waals surface area contributed by atoms with E-state index >= 15 is 0 Å². The molecule has 0 bridgehead atoms. The molecule has 1 unspecified atom stereocenters. The number of benzene rings is 2. The first-order valence-corrected chi connectivity index (χ1v) is 10.9. The number of unbranched alkanes of at least 4 members (excludes halogenated alkanes) is 1. The van der Waals surface area contributed by atoms with Crippen LogP contribution in [-0.2, 0) is 11.2 Å². The molecule has 0 fully saturated rings. The van der Waals surface area contributed by atoms with Crippen molar-refractivity contribution in [2.75, 3.05) is 20.7 Å². The van der Waals surface area contributed by atoms with E-state index in [1.165, 1.54) is 11.1 Å². The maximum Gasteiger partial charge on any atom is 0.204 e. The van der Waals surface area contributed by atoms with Gasteiger partial charge in [0.15, 0.2) is 0 Å². The standard InChI is InChI=1S/C26H39NO2/c1-21(2)20-25(27(5)6)23-15-17-24(18-16-23)29-26(3,4)28-19-11-10-14-22-12-8-7-9-13-22/h7-9,12-13,15-18,21,25H,10-11,14,19-20H2,1-6H3. The molecule has 0 radical (unpaired) electrons. The van der Waals surface area contributed by atoms with Gasteiger partial charge >= 0.3 is 0 Å². The smallest absolute Gasteiger partial charge is 0.204 e. The van der Waals surface area contributed by atoms with Crippen molar-refractivity contribution in [3.05, 3.63) is 65.7 Å². The van der Waals surface area contributed by atoms with Crippen molar-refractivity contribution < 1.29 is 9.47 Å². The van der Waals surface area contributed by atoms with E-state index in [1.54, 1.807) is 0 Å². The van der Waals surface area contributed by atoms with Crippen LogP contribution in [0.4, 0.5) is 0 Å². The zero-order valence-corrected chi connectivity index (χ0v) is 19.2. The molecule has 0 spiro atoms. The predicted molar refractivity (Wildman–Crippen MR) is 122 cm³/mol. The summed E-state index contributed by atoms with van der Waals surface area (Å²) >= 11 is 0. The van der Waals surface area contributed by atoms with E-state index < -0.39 is 5.79 Å². The molecule has 3 heteroatoms. The van der Waals surface area contributed by atoms with Gasteiger partial charge in [-0.05, 0) is 69.0 Å². The summed E-state index contributed by atoms with van der Waals surface area (Å²) in [6, 6.07) is 19.5. The molecule has 2 aromatic rings. The fraction of sp³-hybridized carbons (Fsp3) is 0.538. The Kier molecular flexibility index (Phi) is 9.19. The molecule has 0 amide bonds. The lowest BCUT2D eigenvalue weighted by Crippen LogP contribution is -2.32. The minimum Gasteiger partial charge on any atom is -0.463 e. The van der Waals surface area contributed by atoms with Crippen molar-refractivity contribution in [1.82, 2.24) is 4.90 Å². The van der Waals surface area contributed by atoms with E-state index in [9.17, 15) is 0 Å². The van der Waals surface area contributed by atoms with Crippen LogP contribution in [-0.4, -0.2) is 31.4 Å². The van der Waals surface area contributed by atoms with E-state index in [0.29, 0.717) is 18.6 Å². The van der Waals surface area contributed by atoms with E-state index in [2.05, 4.69) is 87.4 Å². The Bertz CT molecular complexity index is 692. The second kappa shape index (κ2) is 11.4. The molecular formula is C26H39NO2. The molecule has 2 aromatic carbocycles. The first-order chi connectivity index (χ1) is 13.8. The van der Waals surface area contributed by atoms with Gasteiger partial charge in [0.05, 0.1) is 6.61 Å². The second-order valence-corrected chi connectivity index (χ2v) is 8.97. The van der Waals surface area contributed by atoms with Gasteiger partial charge in [0.25, 0.3) is 0 Å². The summed E-state index contributed by atoms with van der Waals surface area (Å²) in [5.74, 6) is 0.880. The largest absolute Gasteiger partial charge is 0.463 e. The minimum atomic E-state index is -0.632. The summed E-state index contributed by atoms with van der Waals surface area (Å²) in [5.41, 5.74) is 2.72. The van der Waals surface area contributed by atoms with Gasteiger partial charge in [0.2, 0.25) is 5.79 Å². The van der Waals surface area contributed by atoms with E-state index in [0.717, 1.165) is 31.4 Å². The van der Waals surface area contributed by atoms with Gasteiger partial charge < -0.3 is 14.4 Å². The van der Waals surface area contributed by atoms with E-state index in [4.69, 9.17) is 9.47 Å². The zero-order chi connectivity index (χ0) is 21.3. The molecule has 0 saturated heterocycles. The van der Waals surface area contributed by atoms with Crippen LogP contribution < -0.4 is 4.74 Å². The van der Waals surface area contributed by atoms with Crippen LogP contribution in [0.25, 0.3) is 0 Å². The quantitative estimate of drug-likeness (QED) is 0.302. The first kappa shape index (κ1) is 23.4. The fourth-order valence-corrected chi connectivity index (χ4v) is 3.56. The van der Waals surface area contributed by atoms with Gasteiger partial charge in [-0.1, -0.05) is 56.3 Å². The van der Waals surface area contributed by atoms with Crippen LogP contribution in [0.3, 0.4) is 0 Å². The Hall–Kier alpha value is -1.84. The molecule has 1 atom stereocenters. The molecular weight excluding hydrogens is 358 g/mol. The molecule has 0 N–H and O–H groups in total. The fourth-order valence-electron chi connectivity index (χ4n) is 3.56. The third-order valence-corrected chi connectivity index (χ3v) is 5.10. The molecule has 0 aromatic heterocycles. The third kappa shape index (κ3) is 8.59. The summed E-state index contributed by atoms with van der Waals surface area (Å²) in [6.45, 7) is 9.22. The van der Waals surface area contributed by atoms with Crippen LogP contribution in [0.5, 0.6) is 5.75 Å². The van der Waals surface area contributed by atoms with Crippen LogP contribution in [0.2, 0.25) is 0 Å². The summed E-state index contributed by atoms with van der Waals surface area (Å²) in [5, 5.41) is 0. The molecule has 0 saturated carbocycles. The number of aryl methyl sites for hydroxylation is 1. The maximum atomic E-state index is 6.11. The maximum absolute atomic E-state index is 6.11. The van der Waals surface area contributed by atoms with Crippen molar-refractivity contribution in [2.45, 2.75) is 65.2 Å². The average molecular weight is 398 g/mol. The number of rotatable bonds is 12. The second-order valence-electron chi connectivity index (χ2n) is 8.97. The third-order valence-electron chi connectivity index (χ3n) is 5.10. The highest BCUT2D eigenvalue weighted by molar-refractivity contribution is 5.29. The van der Waals surface area contributed by atoms with Crippen LogP contribution >= 0.6 is 0 Å². The van der Waals surface area contributed by atoms with Crippen LogP contribution in [0.15, 0.2) is 54.6 Å². The molecule has 0 aliphatic heterocycles. The van der Waals surface area contributed by atoms with Crippen molar-refractivity contribution in [3.8, 4) is 5.75 Å². The lowest BCUT2D eigenvalue weighted by Gasteiger charge is -2.28. The predicted octanol–water partition coefficient (Wildman–Crippen LogP) is 6.49. The Morgan fingerprint density at radius 1 is 0.897 bits per heavy atom. The van der Waals surface area contributed by atoms with Crippen molar-refractivity contribution >= 4 is 0 Å². The summed E-state index contributed by atoms with van der Waals surface area (Å²) in [7, 11) is 4.29. The SMILES string of the molecule is CC(C)CC(c1ccc(OC(C)(C)OCCCCc2ccccc2)cc1)N(C)C. The Morgan fingerprint density at radius 2 is 1.55 bits per heavy atom. The van der Waals surface area contributed by atoms with Crippen LogP contribution in [0.1, 0.15) is 64.1 Å². The van der Waals surface area contributed by atoms with Gasteiger partial charge in [-0.3, -0.25) is 0 Å². The monoisotopic (exact) mass is 397 g/mol. The Balaban J connectivity index is 1.79. The summed E-state index contributed by atoms with van der Waals surface area (Å²) in [6.07, 6.45) is 4.39. The highest BCUT2D eigenvalue weighted by atomic mass is 16.7. The highest BCUT2D eigenvalue weighted by Gasteiger charge is 2.21. The lowest BCUT2D eigenvalue weighted by atomic mass is 9.96. The van der Waals surface area contributed by atoms with Gasteiger partial charge in [-0.2, -0.15) is 0 Å². The minimum absolute atomic E-state index is 0.429. The molecule has 0 aliphatic carbocycles. The molecule has 29 heavy (non-hydrogen) atoms. The van der Waals surface area contributed by atoms with E-state index in [-0.39, 0.29) is 0 Å². The first-order valence-electron chi connectivity index (χ1n) is 10.9. The Labute approximate surface area is 178 Å². The lowest BCUT2D eigenvalue weighted by molar-refractivity contribution is -0.156. The van der Waals surface area contributed by atoms with Crippen molar-refractivity contribution in [1.29, 1.82) is 0 Å². The van der Waals surface area contributed by atoms with Gasteiger partial charge in [-0.15, -0.1) is 0 Å². The summed E-state index contributed by atoms with van der Waals surface area (Å²) in [4.78, 5) is 2.29. The van der Waals surface area contributed by atoms with Crippen molar-refractivity contribution in [2.24, 2.45) is 5.92 Å².